The second-order valence-electron chi connectivity index (χ2n) is 2.77. The van der Waals surface area contributed by atoms with Crippen LogP contribution in [0, 0.1) is 0 Å². The molecule has 17 heavy (non-hydrogen) atoms. The van der Waals surface area contributed by atoms with Gasteiger partial charge < -0.3 is 1.43 Å². The van der Waals surface area contributed by atoms with Crippen LogP contribution in [0.2, 0.25) is 0 Å². The van der Waals surface area contributed by atoms with E-state index in [0.29, 0.717) is 6.07 Å². The number of carbonyl (C=O) groups excluding carboxylic acids is 1. The first-order valence-electron chi connectivity index (χ1n) is 3.70. The minimum Gasteiger partial charge on any atom is -1.00 e. The van der Waals surface area contributed by atoms with Crippen LogP contribution in [0.3, 0.4) is 0 Å². The van der Waals surface area contributed by atoms with Crippen molar-refractivity contribution in [2.45, 2.75) is 9.79 Å². The Morgan fingerprint density at radius 1 is 1.06 bits per heavy atom. The van der Waals surface area contributed by atoms with Gasteiger partial charge in [-0.3, -0.25) is 13.9 Å². The normalized spacial score (nSPS) is 11.6. The van der Waals surface area contributed by atoms with E-state index in [9.17, 15) is 21.6 Å². The number of carbonyl (C=O) groups is 1. The predicted molar refractivity (Wildman–Crippen MR) is 52.6 cm³/mol. The monoisotopic (exact) mass is 290 g/mol. The van der Waals surface area contributed by atoms with Crippen LogP contribution in [-0.2, 0) is 20.2 Å². The molecule has 1 rings (SSSR count). The zero-order chi connectivity index (χ0) is 12.6. The van der Waals surface area contributed by atoms with Gasteiger partial charge in [0.15, 0.2) is 6.29 Å². The standard InChI is InChI=1S/C7H6O7S2.Na.H/c8-4-5-1-2-6(15(9,10)11)3-7(5)16(12,13)14;;/h1-4H,(H,9,10,11)(H,12,13,14);;/q;+1;-1. The Labute approximate surface area is 121 Å². The molecule has 0 aliphatic carbocycles. The molecule has 0 atom stereocenters. The number of hydrogen-bond acceptors (Lipinski definition) is 5. The van der Waals surface area contributed by atoms with Gasteiger partial charge in [-0.05, 0) is 18.2 Å². The topological polar surface area (TPSA) is 126 Å². The van der Waals surface area contributed by atoms with E-state index in [0.717, 1.165) is 12.1 Å². The van der Waals surface area contributed by atoms with E-state index in [1.807, 2.05) is 0 Å². The Morgan fingerprint density at radius 2 is 1.59 bits per heavy atom. The maximum absolute atomic E-state index is 10.8. The van der Waals surface area contributed by atoms with Crippen molar-refractivity contribution in [3.63, 3.8) is 0 Å². The third-order valence-electron chi connectivity index (χ3n) is 1.69. The number of rotatable bonds is 3. The van der Waals surface area contributed by atoms with Crippen molar-refractivity contribution < 1.29 is 61.7 Å². The van der Waals surface area contributed by atoms with E-state index >= 15 is 0 Å². The van der Waals surface area contributed by atoms with E-state index in [1.165, 1.54) is 0 Å². The average Bonchev–Trinajstić information content (AvgIpc) is 2.14. The summed E-state index contributed by atoms with van der Waals surface area (Å²) in [6, 6.07) is 2.20. The molecule has 0 heterocycles. The minimum absolute atomic E-state index is 0. The van der Waals surface area contributed by atoms with Crippen LogP contribution in [0.15, 0.2) is 28.0 Å². The zero-order valence-corrected chi connectivity index (χ0v) is 12.2. The van der Waals surface area contributed by atoms with Crippen molar-refractivity contribution in [2.75, 3.05) is 0 Å². The average molecular weight is 290 g/mol. The summed E-state index contributed by atoms with van der Waals surface area (Å²) in [6.45, 7) is 0. The molecule has 0 amide bonds. The molecule has 0 aliphatic heterocycles. The fraction of sp³-hybridized carbons (Fsp3) is 0. The molecule has 1 aromatic rings. The van der Waals surface area contributed by atoms with E-state index < -0.39 is 35.6 Å². The van der Waals surface area contributed by atoms with E-state index in [4.69, 9.17) is 9.11 Å². The molecule has 0 fully saturated rings. The molecule has 2 N–H and O–H groups in total. The second kappa shape index (κ2) is 5.57. The fourth-order valence-corrected chi connectivity index (χ4v) is 2.27. The number of hydrogen-bond donors (Lipinski definition) is 2. The molecule has 0 saturated heterocycles. The quantitative estimate of drug-likeness (QED) is 0.347. The van der Waals surface area contributed by atoms with Gasteiger partial charge >= 0.3 is 29.6 Å². The van der Waals surface area contributed by atoms with Crippen LogP contribution in [0.25, 0.3) is 0 Å². The van der Waals surface area contributed by atoms with Gasteiger partial charge in [0, 0.05) is 5.56 Å². The molecule has 10 heteroatoms. The van der Waals surface area contributed by atoms with Crippen LogP contribution in [-0.4, -0.2) is 32.2 Å². The maximum Gasteiger partial charge on any atom is 1.00 e. The van der Waals surface area contributed by atoms with Gasteiger partial charge in [-0.2, -0.15) is 16.8 Å². The summed E-state index contributed by atoms with van der Waals surface area (Å²) in [4.78, 5) is 8.84. The first kappa shape index (κ1) is 16.7. The van der Waals surface area contributed by atoms with Gasteiger partial charge in [-0.15, -0.1) is 0 Å². The number of benzene rings is 1. The summed E-state index contributed by atoms with van der Waals surface area (Å²) in [5.74, 6) is 0. The van der Waals surface area contributed by atoms with Crippen molar-refractivity contribution in [3.8, 4) is 0 Å². The Kier molecular flexibility index (Phi) is 5.47. The molecule has 90 valence electrons. The first-order chi connectivity index (χ1) is 7.16. The van der Waals surface area contributed by atoms with Gasteiger partial charge in [0.2, 0.25) is 0 Å². The summed E-state index contributed by atoms with van der Waals surface area (Å²) < 4.78 is 60.4. The molecular formula is C7H7NaO7S2. The summed E-state index contributed by atoms with van der Waals surface area (Å²) in [5, 5.41) is 0. The van der Waals surface area contributed by atoms with Crippen molar-refractivity contribution in [3.05, 3.63) is 23.8 Å². The van der Waals surface area contributed by atoms with Crippen molar-refractivity contribution in [2.24, 2.45) is 0 Å². The van der Waals surface area contributed by atoms with Crippen molar-refractivity contribution in [1.82, 2.24) is 0 Å². The zero-order valence-electron chi connectivity index (χ0n) is 9.56. The van der Waals surface area contributed by atoms with E-state index in [1.54, 1.807) is 0 Å². The van der Waals surface area contributed by atoms with E-state index in [2.05, 4.69) is 0 Å². The maximum atomic E-state index is 10.8. The molecule has 0 bridgehead atoms. The second-order valence-corrected chi connectivity index (χ2v) is 5.58. The molecule has 7 nitrogen and oxygen atoms in total. The molecule has 0 aliphatic rings. The summed E-state index contributed by atoms with van der Waals surface area (Å²) >= 11 is 0. The van der Waals surface area contributed by atoms with Crippen LogP contribution >= 0.6 is 0 Å². The Bertz CT molecular complexity index is 638. The van der Waals surface area contributed by atoms with Gasteiger partial charge in [0.1, 0.15) is 4.90 Å². The Morgan fingerprint density at radius 3 is 1.94 bits per heavy atom. The minimum atomic E-state index is -4.74. The van der Waals surface area contributed by atoms with E-state index in [-0.39, 0.29) is 37.3 Å². The van der Waals surface area contributed by atoms with Crippen LogP contribution in [0.4, 0.5) is 0 Å². The van der Waals surface area contributed by atoms with Crippen molar-refractivity contribution >= 4 is 26.5 Å². The van der Waals surface area contributed by atoms with Crippen LogP contribution < -0.4 is 29.6 Å². The molecule has 0 unspecified atom stereocenters. The van der Waals surface area contributed by atoms with Crippen LogP contribution in [0.5, 0.6) is 0 Å². The van der Waals surface area contributed by atoms with Gasteiger partial charge in [0.25, 0.3) is 20.2 Å². The molecular weight excluding hydrogens is 283 g/mol. The summed E-state index contributed by atoms with van der Waals surface area (Å²) in [6.07, 6.45) is 0.136. The van der Waals surface area contributed by atoms with Crippen LogP contribution in [0.1, 0.15) is 11.8 Å². The third kappa shape index (κ3) is 4.14. The van der Waals surface area contributed by atoms with Crippen molar-refractivity contribution in [1.29, 1.82) is 0 Å². The van der Waals surface area contributed by atoms with Gasteiger partial charge in [-0.1, -0.05) is 0 Å². The predicted octanol–water partition coefficient (Wildman–Crippen LogP) is -2.89. The molecule has 1 aromatic carbocycles. The van der Waals surface area contributed by atoms with Gasteiger partial charge in [0.05, 0.1) is 4.90 Å². The van der Waals surface area contributed by atoms with Gasteiger partial charge in [-0.25, -0.2) is 0 Å². The Hall–Kier alpha value is -0.290. The molecule has 0 radical (unpaired) electrons. The SMILES string of the molecule is O=Cc1ccc(S(=O)(=O)O)cc1S(=O)(=O)O.[H-].[Na+]. The smallest absolute Gasteiger partial charge is 1.00 e. The molecule has 0 aromatic heterocycles. The third-order valence-corrected chi connectivity index (χ3v) is 3.45. The fourth-order valence-electron chi connectivity index (χ4n) is 0.996. The number of aldehydes is 1. The first-order valence-corrected chi connectivity index (χ1v) is 6.58. The largest absolute Gasteiger partial charge is 1.00 e. The summed E-state index contributed by atoms with van der Waals surface area (Å²) in [5.41, 5.74) is -0.407. The Balaban J connectivity index is 0. The molecule has 0 spiro atoms. The molecule has 0 saturated carbocycles. The summed E-state index contributed by atoms with van der Waals surface area (Å²) in [7, 11) is -9.34.